The van der Waals surface area contributed by atoms with Crippen molar-refractivity contribution in [3.05, 3.63) is 0 Å². The monoisotopic (exact) mass is 303 g/mol. The molecule has 110 valence electrons. The minimum atomic E-state index is -0.546. The normalized spacial score (nSPS) is 32.7. The maximum Gasteiger partial charge on any atom is 0.193 e. The number of rotatable bonds is 3. The van der Waals surface area contributed by atoms with E-state index in [0.717, 1.165) is 37.0 Å². The maximum atomic E-state index is 10.4. The zero-order valence-electron chi connectivity index (χ0n) is 11.9. The van der Waals surface area contributed by atoms with Gasteiger partial charge in [0, 0.05) is 43.4 Å². The predicted molar refractivity (Wildman–Crippen MR) is 86.4 cm³/mol. The van der Waals surface area contributed by atoms with E-state index in [2.05, 4.69) is 33.9 Å². The SMILES string of the molecule is CCC1CN(C(=NC)NCC2(O)CCSC2)CCS1. The van der Waals surface area contributed by atoms with Gasteiger partial charge in [-0.25, -0.2) is 0 Å². The van der Waals surface area contributed by atoms with Gasteiger partial charge in [0.15, 0.2) is 5.96 Å². The summed E-state index contributed by atoms with van der Waals surface area (Å²) in [6.07, 6.45) is 2.09. The molecule has 0 aromatic heterocycles. The van der Waals surface area contributed by atoms with Gasteiger partial charge in [-0.2, -0.15) is 23.5 Å². The molecule has 2 rings (SSSR count). The van der Waals surface area contributed by atoms with E-state index in [-0.39, 0.29) is 0 Å². The number of nitrogens with one attached hydrogen (secondary N) is 1. The van der Waals surface area contributed by atoms with Crippen molar-refractivity contribution in [2.45, 2.75) is 30.6 Å². The van der Waals surface area contributed by atoms with Gasteiger partial charge in [0.25, 0.3) is 0 Å². The second kappa shape index (κ2) is 7.09. The lowest BCUT2D eigenvalue weighted by atomic mass is 10.0. The Balaban J connectivity index is 1.86. The highest BCUT2D eigenvalue weighted by Crippen LogP contribution is 2.27. The Labute approximate surface area is 124 Å². The highest BCUT2D eigenvalue weighted by atomic mass is 32.2. The smallest absolute Gasteiger partial charge is 0.193 e. The third-order valence-corrected chi connectivity index (χ3v) is 6.37. The number of aliphatic hydroxyl groups is 1. The Morgan fingerprint density at radius 1 is 1.53 bits per heavy atom. The van der Waals surface area contributed by atoms with Gasteiger partial charge in [-0.15, -0.1) is 0 Å². The van der Waals surface area contributed by atoms with Crippen molar-refractivity contribution < 1.29 is 5.11 Å². The first-order chi connectivity index (χ1) is 9.17. The van der Waals surface area contributed by atoms with Crippen LogP contribution in [0.4, 0.5) is 0 Å². The fourth-order valence-electron chi connectivity index (χ4n) is 2.47. The van der Waals surface area contributed by atoms with Crippen LogP contribution in [0.5, 0.6) is 0 Å². The van der Waals surface area contributed by atoms with Crippen molar-refractivity contribution in [2.24, 2.45) is 4.99 Å². The van der Waals surface area contributed by atoms with Gasteiger partial charge >= 0.3 is 0 Å². The molecule has 2 aliphatic rings. The summed E-state index contributed by atoms with van der Waals surface area (Å²) in [4.78, 5) is 6.71. The lowest BCUT2D eigenvalue weighted by Crippen LogP contribution is -2.52. The molecule has 2 fully saturated rings. The Morgan fingerprint density at radius 3 is 3.00 bits per heavy atom. The van der Waals surface area contributed by atoms with E-state index < -0.39 is 5.60 Å². The minimum absolute atomic E-state index is 0.546. The van der Waals surface area contributed by atoms with Crippen molar-refractivity contribution >= 4 is 29.5 Å². The fourth-order valence-corrected chi connectivity index (χ4v) is 4.95. The van der Waals surface area contributed by atoms with Crippen LogP contribution in [0, 0.1) is 0 Å². The van der Waals surface area contributed by atoms with Crippen molar-refractivity contribution in [3.8, 4) is 0 Å². The molecule has 0 saturated carbocycles. The molecule has 19 heavy (non-hydrogen) atoms. The molecule has 0 aromatic rings. The molecule has 0 spiro atoms. The molecule has 2 saturated heterocycles. The van der Waals surface area contributed by atoms with Crippen LogP contribution in [0.3, 0.4) is 0 Å². The second-order valence-electron chi connectivity index (χ2n) is 5.27. The van der Waals surface area contributed by atoms with Gasteiger partial charge in [0.1, 0.15) is 0 Å². The molecule has 6 heteroatoms. The van der Waals surface area contributed by atoms with E-state index in [1.165, 1.54) is 12.2 Å². The largest absolute Gasteiger partial charge is 0.387 e. The van der Waals surface area contributed by atoms with E-state index in [1.807, 2.05) is 18.8 Å². The quantitative estimate of drug-likeness (QED) is 0.607. The van der Waals surface area contributed by atoms with Crippen LogP contribution in [0.1, 0.15) is 19.8 Å². The van der Waals surface area contributed by atoms with Crippen LogP contribution in [-0.4, -0.2) is 70.8 Å². The number of hydrogen-bond acceptors (Lipinski definition) is 4. The Morgan fingerprint density at radius 2 is 2.37 bits per heavy atom. The van der Waals surface area contributed by atoms with Gasteiger partial charge < -0.3 is 15.3 Å². The number of aliphatic imine (C=N–C) groups is 1. The van der Waals surface area contributed by atoms with Crippen LogP contribution < -0.4 is 5.32 Å². The average molecular weight is 303 g/mol. The third kappa shape index (κ3) is 4.20. The third-order valence-electron chi connectivity index (χ3n) is 3.76. The molecule has 2 atom stereocenters. The van der Waals surface area contributed by atoms with E-state index >= 15 is 0 Å². The lowest BCUT2D eigenvalue weighted by Gasteiger charge is -2.35. The number of nitrogens with zero attached hydrogens (tertiary/aromatic N) is 2. The highest BCUT2D eigenvalue weighted by Gasteiger charge is 2.32. The van der Waals surface area contributed by atoms with Crippen molar-refractivity contribution in [3.63, 3.8) is 0 Å². The molecule has 4 nitrogen and oxygen atoms in total. The molecule has 0 aliphatic carbocycles. The topological polar surface area (TPSA) is 47.9 Å². The molecule has 2 heterocycles. The van der Waals surface area contributed by atoms with Crippen molar-refractivity contribution in [1.82, 2.24) is 10.2 Å². The van der Waals surface area contributed by atoms with Gasteiger partial charge in [0.2, 0.25) is 0 Å². The van der Waals surface area contributed by atoms with Crippen LogP contribution in [-0.2, 0) is 0 Å². The van der Waals surface area contributed by atoms with Crippen LogP contribution in [0.15, 0.2) is 4.99 Å². The zero-order chi connectivity index (χ0) is 13.7. The Bertz CT molecular complexity index is 319. The van der Waals surface area contributed by atoms with Gasteiger partial charge in [0.05, 0.1) is 5.60 Å². The molecule has 2 unspecified atom stereocenters. The van der Waals surface area contributed by atoms with E-state index in [1.54, 1.807) is 0 Å². The molecular weight excluding hydrogens is 278 g/mol. The van der Waals surface area contributed by atoms with E-state index in [4.69, 9.17) is 0 Å². The van der Waals surface area contributed by atoms with E-state index in [9.17, 15) is 5.11 Å². The summed E-state index contributed by atoms with van der Waals surface area (Å²) in [6.45, 7) is 4.98. The molecule has 2 N–H and O–H groups in total. The Kier molecular flexibility index (Phi) is 5.71. The summed E-state index contributed by atoms with van der Waals surface area (Å²) in [5, 5.41) is 14.4. The Hall–Kier alpha value is -0.0700. The van der Waals surface area contributed by atoms with E-state index in [0.29, 0.717) is 11.8 Å². The summed E-state index contributed by atoms with van der Waals surface area (Å²) in [7, 11) is 1.83. The fraction of sp³-hybridized carbons (Fsp3) is 0.923. The first-order valence-corrected chi connectivity index (χ1v) is 9.24. The summed E-state index contributed by atoms with van der Waals surface area (Å²) < 4.78 is 0. The molecule has 0 amide bonds. The van der Waals surface area contributed by atoms with Crippen molar-refractivity contribution in [2.75, 3.05) is 43.9 Å². The summed E-state index contributed by atoms with van der Waals surface area (Å²) in [5.41, 5.74) is -0.546. The van der Waals surface area contributed by atoms with Gasteiger partial charge in [-0.1, -0.05) is 6.92 Å². The number of hydrogen-bond donors (Lipinski definition) is 2. The van der Waals surface area contributed by atoms with Crippen LogP contribution in [0.25, 0.3) is 0 Å². The predicted octanol–water partition coefficient (Wildman–Crippen LogP) is 1.26. The molecule has 0 aromatic carbocycles. The molecule has 2 aliphatic heterocycles. The standard InChI is InChI=1S/C13H25N3OS2/c1-3-11-8-16(5-7-19-11)12(14-2)15-9-13(17)4-6-18-10-13/h11,17H,3-10H2,1-2H3,(H,14,15). The minimum Gasteiger partial charge on any atom is -0.387 e. The average Bonchev–Trinajstić information content (AvgIpc) is 2.87. The van der Waals surface area contributed by atoms with Crippen molar-refractivity contribution in [1.29, 1.82) is 0 Å². The highest BCUT2D eigenvalue weighted by molar-refractivity contribution is 8.00. The first-order valence-electron chi connectivity index (χ1n) is 7.04. The lowest BCUT2D eigenvalue weighted by molar-refractivity contribution is 0.0717. The first kappa shape index (κ1) is 15.3. The van der Waals surface area contributed by atoms with Gasteiger partial charge in [-0.3, -0.25) is 4.99 Å². The zero-order valence-corrected chi connectivity index (χ0v) is 13.5. The van der Waals surface area contributed by atoms with Crippen LogP contribution in [0.2, 0.25) is 0 Å². The number of thioether (sulfide) groups is 2. The molecule has 0 radical (unpaired) electrons. The second-order valence-corrected chi connectivity index (χ2v) is 7.79. The number of guanidine groups is 1. The van der Waals surface area contributed by atoms with Crippen LogP contribution >= 0.6 is 23.5 Å². The summed E-state index contributed by atoms with van der Waals surface area (Å²) in [6, 6.07) is 0. The summed E-state index contributed by atoms with van der Waals surface area (Å²) in [5.74, 6) is 4.02. The summed E-state index contributed by atoms with van der Waals surface area (Å²) >= 11 is 3.89. The molecular formula is C13H25N3OS2. The molecule has 0 bridgehead atoms. The van der Waals surface area contributed by atoms with Gasteiger partial charge in [-0.05, 0) is 18.6 Å². The maximum absolute atomic E-state index is 10.4.